The van der Waals surface area contributed by atoms with Crippen LogP contribution < -0.4 is 4.74 Å². The first kappa shape index (κ1) is 12.3. The molecule has 88 valence electrons. The van der Waals surface area contributed by atoms with Crippen LogP contribution in [-0.2, 0) is 0 Å². The van der Waals surface area contributed by atoms with Crippen molar-refractivity contribution in [1.29, 1.82) is 5.26 Å². The summed E-state index contributed by atoms with van der Waals surface area (Å²) in [7, 11) is 0. The fraction of sp³-hybridized carbons (Fsp3) is 0. The van der Waals surface area contributed by atoms with Crippen LogP contribution in [0, 0.1) is 11.3 Å². The molecule has 0 bridgehead atoms. The first-order valence-corrected chi connectivity index (χ1v) is 5.95. The lowest BCUT2D eigenvalue weighted by atomic mass is 10.2. The van der Waals surface area contributed by atoms with Crippen LogP contribution in [0.3, 0.4) is 0 Å². The average Bonchev–Trinajstić information content (AvgIpc) is 2.40. The van der Waals surface area contributed by atoms with E-state index in [1.54, 1.807) is 42.5 Å². The summed E-state index contributed by atoms with van der Waals surface area (Å²) in [6, 6.07) is 13.9. The minimum atomic E-state index is 0.475. The van der Waals surface area contributed by atoms with Gasteiger partial charge in [-0.3, -0.25) is 4.79 Å². The highest BCUT2D eigenvalue weighted by molar-refractivity contribution is 9.10. The Balaban J connectivity index is 2.30. The summed E-state index contributed by atoms with van der Waals surface area (Å²) in [5.74, 6) is 1.05. The topological polar surface area (TPSA) is 50.1 Å². The molecule has 0 aromatic heterocycles. The van der Waals surface area contributed by atoms with Crippen molar-refractivity contribution in [3.05, 3.63) is 58.1 Å². The van der Waals surface area contributed by atoms with Crippen LogP contribution in [0.15, 0.2) is 46.9 Å². The monoisotopic (exact) mass is 301 g/mol. The van der Waals surface area contributed by atoms with Gasteiger partial charge in [-0.2, -0.15) is 5.26 Å². The molecule has 0 amide bonds. The summed E-state index contributed by atoms with van der Waals surface area (Å²) in [4.78, 5) is 10.9. The second-order valence-corrected chi connectivity index (χ2v) is 4.45. The van der Waals surface area contributed by atoms with Gasteiger partial charge in [0.2, 0.25) is 0 Å². The maximum Gasteiger partial charge on any atom is 0.153 e. The number of nitrogens with zero attached hydrogens (tertiary/aromatic N) is 1. The molecule has 18 heavy (non-hydrogen) atoms. The predicted molar refractivity (Wildman–Crippen MR) is 70.8 cm³/mol. The molecule has 0 spiro atoms. The third-order valence-corrected chi connectivity index (χ3v) is 2.81. The van der Waals surface area contributed by atoms with E-state index in [1.165, 1.54) is 0 Å². The van der Waals surface area contributed by atoms with E-state index < -0.39 is 0 Å². The number of carbonyl (C=O) groups is 1. The van der Waals surface area contributed by atoms with Crippen molar-refractivity contribution >= 4 is 22.2 Å². The van der Waals surface area contributed by atoms with E-state index in [-0.39, 0.29) is 0 Å². The molecule has 3 nitrogen and oxygen atoms in total. The van der Waals surface area contributed by atoms with Crippen molar-refractivity contribution in [2.45, 2.75) is 0 Å². The predicted octanol–water partition coefficient (Wildman–Crippen LogP) is 3.93. The van der Waals surface area contributed by atoms with Gasteiger partial charge in [0, 0.05) is 4.47 Å². The first-order chi connectivity index (χ1) is 8.72. The highest BCUT2D eigenvalue weighted by Gasteiger charge is 2.05. The van der Waals surface area contributed by atoms with Crippen LogP contribution >= 0.6 is 15.9 Å². The lowest BCUT2D eigenvalue weighted by molar-refractivity contribution is 0.112. The minimum Gasteiger partial charge on any atom is -0.457 e. The smallest absolute Gasteiger partial charge is 0.153 e. The third-order valence-electron chi connectivity index (χ3n) is 2.31. The van der Waals surface area contributed by atoms with Gasteiger partial charge >= 0.3 is 0 Å². The number of benzene rings is 2. The second kappa shape index (κ2) is 5.48. The molecule has 0 aliphatic carbocycles. The zero-order valence-electron chi connectivity index (χ0n) is 9.26. The summed E-state index contributed by atoms with van der Waals surface area (Å²) in [6.07, 6.45) is 0.741. The molecule has 2 aromatic carbocycles. The van der Waals surface area contributed by atoms with Gasteiger partial charge in [0.15, 0.2) is 6.29 Å². The Kier molecular flexibility index (Phi) is 3.75. The van der Waals surface area contributed by atoms with Crippen molar-refractivity contribution in [2.24, 2.45) is 0 Å². The third kappa shape index (κ3) is 2.76. The van der Waals surface area contributed by atoms with Crippen LogP contribution in [0.25, 0.3) is 0 Å². The van der Waals surface area contributed by atoms with Crippen molar-refractivity contribution in [3.63, 3.8) is 0 Å². The van der Waals surface area contributed by atoms with E-state index in [1.807, 2.05) is 6.07 Å². The SMILES string of the molecule is N#Cc1ccc(Oc2cc(Br)ccc2C=O)cc1. The number of aldehydes is 1. The summed E-state index contributed by atoms with van der Waals surface area (Å²) in [5, 5.41) is 8.69. The molecule has 0 fully saturated rings. The van der Waals surface area contributed by atoms with Crippen LogP contribution in [0.1, 0.15) is 15.9 Å². The lowest BCUT2D eigenvalue weighted by Gasteiger charge is -2.08. The Morgan fingerprint density at radius 2 is 1.89 bits per heavy atom. The zero-order valence-corrected chi connectivity index (χ0v) is 10.8. The van der Waals surface area contributed by atoms with Gasteiger partial charge in [0.25, 0.3) is 0 Å². The molecule has 0 radical (unpaired) electrons. The van der Waals surface area contributed by atoms with Gasteiger partial charge in [0.1, 0.15) is 11.5 Å². The van der Waals surface area contributed by atoms with Gasteiger partial charge in [-0.15, -0.1) is 0 Å². The zero-order chi connectivity index (χ0) is 13.0. The summed E-state index contributed by atoms with van der Waals surface area (Å²) < 4.78 is 6.44. The number of hydrogen-bond acceptors (Lipinski definition) is 3. The van der Waals surface area contributed by atoms with E-state index in [9.17, 15) is 4.79 Å². The minimum absolute atomic E-state index is 0.475. The van der Waals surface area contributed by atoms with Crippen LogP contribution in [-0.4, -0.2) is 6.29 Å². The largest absolute Gasteiger partial charge is 0.457 e. The molecular weight excluding hydrogens is 294 g/mol. The Morgan fingerprint density at radius 1 is 1.17 bits per heavy atom. The quantitative estimate of drug-likeness (QED) is 0.807. The number of rotatable bonds is 3. The Bertz CT molecular complexity index is 615. The fourth-order valence-electron chi connectivity index (χ4n) is 1.42. The summed E-state index contributed by atoms with van der Waals surface area (Å²) in [6.45, 7) is 0. The van der Waals surface area contributed by atoms with Crippen LogP contribution in [0.5, 0.6) is 11.5 Å². The number of nitriles is 1. The number of halogens is 1. The van der Waals surface area contributed by atoms with Crippen LogP contribution in [0.4, 0.5) is 0 Å². The Labute approximate surface area is 113 Å². The molecule has 2 aromatic rings. The molecular formula is C14H8BrNO2. The Morgan fingerprint density at radius 3 is 2.50 bits per heavy atom. The molecule has 0 saturated heterocycles. The van der Waals surface area contributed by atoms with Gasteiger partial charge in [0.05, 0.1) is 17.2 Å². The van der Waals surface area contributed by atoms with Gasteiger partial charge in [-0.05, 0) is 42.5 Å². The molecule has 0 heterocycles. The highest BCUT2D eigenvalue weighted by atomic mass is 79.9. The maximum atomic E-state index is 10.9. The highest BCUT2D eigenvalue weighted by Crippen LogP contribution is 2.27. The number of carbonyl (C=O) groups excluding carboxylic acids is 1. The lowest BCUT2D eigenvalue weighted by Crippen LogP contribution is -1.90. The molecule has 2 rings (SSSR count). The van der Waals surface area contributed by atoms with Crippen molar-refractivity contribution < 1.29 is 9.53 Å². The normalized spacial score (nSPS) is 9.56. The van der Waals surface area contributed by atoms with Gasteiger partial charge in [-0.25, -0.2) is 0 Å². The molecule has 0 atom stereocenters. The molecule has 4 heteroatoms. The van der Waals surface area contributed by atoms with E-state index in [0.29, 0.717) is 22.6 Å². The summed E-state index contributed by atoms with van der Waals surface area (Å²) >= 11 is 3.32. The van der Waals surface area contributed by atoms with Crippen molar-refractivity contribution in [2.75, 3.05) is 0 Å². The molecule has 0 saturated carbocycles. The second-order valence-electron chi connectivity index (χ2n) is 3.54. The average molecular weight is 302 g/mol. The Hall–Kier alpha value is -2.12. The summed E-state index contributed by atoms with van der Waals surface area (Å²) in [5.41, 5.74) is 1.04. The molecule has 0 aliphatic rings. The van der Waals surface area contributed by atoms with E-state index in [4.69, 9.17) is 10.00 Å². The number of hydrogen-bond donors (Lipinski definition) is 0. The first-order valence-electron chi connectivity index (χ1n) is 5.15. The standard InChI is InChI=1S/C14H8BrNO2/c15-12-4-3-11(9-17)14(7-12)18-13-5-1-10(8-16)2-6-13/h1-7,9H. The van der Waals surface area contributed by atoms with E-state index in [0.717, 1.165) is 10.8 Å². The maximum absolute atomic E-state index is 10.9. The number of ether oxygens (including phenoxy) is 1. The molecule has 0 unspecified atom stereocenters. The van der Waals surface area contributed by atoms with E-state index >= 15 is 0 Å². The van der Waals surface area contributed by atoms with Gasteiger partial charge < -0.3 is 4.74 Å². The van der Waals surface area contributed by atoms with Crippen LogP contribution in [0.2, 0.25) is 0 Å². The van der Waals surface area contributed by atoms with E-state index in [2.05, 4.69) is 15.9 Å². The fourth-order valence-corrected chi connectivity index (χ4v) is 1.76. The molecule has 0 aliphatic heterocycles. The van der Waals surface area contributed by atoms with Crippen molar-refractivity contribution in [3.8, 4) is 17.6 Å². The van der Waals surface area contributed by atoms with Gasteiger partial charge in [-0.1, -0.05) is 15.9 Å². The molecule has 0 N–H and O–H groups in total. The van der Waals surface area contributed by atoms with Crippen molar-refractivity contribution in [1.82, 2.24) is 0 Å².